The van der Waals surface area contributed by atoms with Crippen LogP contribution in [-0.4, -0.2) is 6.04 Å². The molecule has 2 rings (SSSR count). The molecule has 16 heavy (non-hydrogen) atoms. The van der Waals surface area contributed by atoms with E-state index in [1.807, 2.05) is 6.07 Å². The Morgan fingerprint density at radius 2 is 2.19 bits per heavy atom. The molecule has 1 aromatic heterocycles. The highest BCUT2D eigenvalue weighted by atomic mass is 79.9. The van der Waals surface area contributed by atoms with Crippen molar-refractivity contribution < 1.29 is 4.42 Å². The van der Waals surface area contributed by atoms with Crippen LogP contribution in [0, 0.1) is 5.92 Å². The molecule has 0 saturated heterocycles. The summed E-state index contributed by atoms with van der Waals surface area (Å²) in [5, 5.41) is 3.57. The molecule has 1 aromatic rings. The number of rotatable bonds is 4. The molecule has 0 bridgehead atoms. The van der Waals surface area contributed by atoms with E-state index in [0.717, 1.165) is 22.7 Å². The summed E-state index contributed by atoms with van der Waals surface area (Å²) in [5.74, 6) is 1.85. The van der Waals surface area contributed by atoms with E-state index >= 15 is 0 Å². The fourth-order valence-electron chi connectivity index (χ4n) is 2.51. The van der Waals surface area contributed by atoms with Crippen LogP contribution in [0.2, 0.25) is 0 Å². The summed E-state index contributed by atoms with van der Waals surface area (Å²) in [4.78, 5) is 0. The van der Waals surface area contributed by atoms with E-state index in [1.165, 1.54) is 32.1 Å². The van der Waals surface area contributed by atoms with Crippen LogP contribution in [0.3, 0.4) is 0 Å². The Balaban J connectivity index is 1.78. The SMILES string of the molecule is CC(NCc1occc1Br)C1CCCCC1. The van der Waals surface area contributed by atoms with Gasteiger partial charge in [0.2, 0.25) is 0 Å². The molecule has 0 aliphatic heterocycles. The molecule has 1 aliphatic rings. The van der Waals surface area contributed by atoms with Crippen LogP contribution in [-0.2, 0) is 6.54 Å². The van der Waals surface area contributed by atoms with Crippen molar-refractivity contribution in [2.75, 3.05) is 0 Å². The molecule has 0 amide bonds. The quantitative estimate of drug-likeness (QED) is 0.901. The molecule has 0 aromatic carbocycles. The number of nitrogens with one attached hydrogen (secondary N) is 1. The van der Waals surface area contributed by atoms with Crippen molar-refractivity contribution in [1.82, 2.24) is 5.32 Å². The third-order valence-corrected chi connectivity index (χ3v) is 4.34. The van der Waals surface area contributed by atoms with Crippen molar-refractivity contribution in [2.24, 2.45) is 5.92 Å². The first-order chi connectivity index (χ1) is 7.77. The standard InChI is InChI=1S/C13H20BrNO/c1-10(11-5-3-2-4-6-11)15-9-13-12(14)7-8-16-13/h7-8,10-11,15H,2-6,9H2,1H3. The Labute approximate surface area is 106 Å². The molecule has 1 saturated carbocycles. The molecule has 1 fully saturated rings. The molecule has 1 aliphatic carbocycles. The van der Waals surface area contributed by atoms with Gasteiger partial charge in [-0.15, -0.1) is 0 Å². The lowest BCUT2D eigenvalue weighted by atomic mass is 9.84. The lowest BCUT2D eigenvalue weighted by Gasteiger charge is -2.28. The minimum atomic E-state index is 0.595. The van der Waals surface area contributed by atoms with Gasteiger partial charge in [0.25, 0.3) is 0 Å². The van der Waals surface area contributed by atoms with E-state index in [9.17, 15) is 0 Å². The molecule has 90 valence electrons. The second kappa shape index (κ2) is 5.87. The summed E-state index contributed by atoms with van der Waals surface area (Å²) in [6.07, 6.45) is 8.72. The summed E-state index contributed by atoms with van der Waals surface area (Å²) >= 11 is 3.48. The van der Waals surface area contributed by atoms with Crippen molar-refractivity contribution in [3.05, 3.63) is 22.6 Å². The van der Waals surface area contributed by atoms with Gasteiger partial charge in [-0.25, -0.2) is 0 Å². The van der Waals surface area contributed by atoms with Gasteiger partial charge in [0.05, 0.1) is 17.3 Å². The smallest absolute Gasteiger partial charge is 0.131 e. The summed E-state index contributed by atoms with van der Waals surface area (Å²) in [6.45, 7) is 3.12. The van der Waals surface area contributed by atoms with Crippen LogP contribution in [0.5, 0.6) is 0 Å². The van der Waals surface area contributed by atoms with Crippen LogP contribution in [0.15, 0.2) is 21.2 Å². The summed E-state index contributed by atoms with van der Waals surface area (Å²) < 4.78 is 6.46. The Hall–Kier alpha value is -0.280. The second-order valence-electron chi connectivity index (χ2n) is 4.76. The largest absolute Gasteiger partial charge is 0.467 e. The zero-order valence-corrected chi connectivity index (χ0v) is 11.4. The molecular weight excluding hydrogens is 266 g/mol. The molecule has 2 nitrogen and oxygen atoms in total. The van der Waals surface area contributed by atoms with E-state index in [-0.39, 0.29) is 0 Å². The van der Waals surface area contributed by atoms with Gasteiger partial charge in [-0.05, 0) is 47.7 Å². The predicted octanol–water partition coefficient (Wildman–Crippen LogP) is 4.10. The molecule has 3 heteroatoms. The highest BCUT2D eigenvalue weighted by Crippen LogP contribution is 2.26. The van der Waals surface area contributed by atoms with E-state index in [0.29, 0.717) is 6.04 Å². The van der Waals surface area contributed by atoms with Gasteiger partial charge in [-0.1, -0.05) is 19.3 Å². The fraction of sp³-hybridized carbons (Fsp3) is 0.692. The highest BCUT2D eigenvalue weighted by molar-refractivity contribution is 9.10. The van der Waals surface area contributed by atoms with Gasteiger partial charge < -0.3 is 9.73 Å². The first kappa shape index (κ1) is 12.2. The Morgan fingerprint density at radius 3 is 2.81 bits per heavy atom. The molecule has 1 unspecified atom stereocenters. The maximum atomic E-state index is 5.39. The van der Waals surface area contributed by atoms with Crippen LogP contribution in [0.4, 0.5) is 0 Å². The number of hydrogen-bond donors (Lipinski definition) is 1. The van der Waals surface area contributed by atoms with Crippen LogP contribution in [0.1, 0.15) is 44.8 Å². The predicted molar refractivity (Wildman–Crippen MR) is 69.3 cm³/mol. The lowest BCUT2D eigenvalue weighted by Crippen LogP contribution is -2.34. The van der Waals surface area contributed by atoms with Crippen LogP contribution in [0.25, 0.3) is 0 Å². The second-order valence-corrected chi connectivity index (χ2v) is 5.61. The highest BCUT2D eigenvalue weighted by Gasteiger charge is 2.19. The minimum absolute atomic E-state index is 0.595. The van der Waals surface area contributed by atoms with E-state index in [1.54, 1.807) is 6.26 Å². The summed E-state index contributed by atoms with van der Waals surface area (Å²) in [6, 6.07) is 2.54. The van der Waals surface area contributed by atoms with Gasteiger partial charge in [0.15, 0.2) is 0 Å². The van der Waals surface area contributed by atoms with Gasteiger partial charge in [0, 0.05) is 6.04 Å². The maximum absolute atomic E-state index is 5.39. The van der Waals surface area contributed by atoms with Crippen LogP contribution >= 0.6 is 15.9 Å². The molecule has 1 atom stereocenters. The fourth-order valence-corrected chi connectivity index (χ4v) is 2.85. The zero-order valence-electron chi connectivity index (χ0n) is 9.84. The zero-order chi connectivity index (χ0) is 11.4. The molecular formula is C13H20BrNO. The Bertz CT molecular complexity index is 317. The maximum Gasteiger partial charge on any atom is 0.131 e. The number of halogens is 1. The minimum Gasteiger partial charge on any atom is -0.467 e. The van der Waals surface area contributed by atoms with Crippen molar-refractivity contribution in [2.45, 2.75) is 51.6 Å². The summed E-state index contributed by atoms with van der Waals surface area (Å²) in [7, 11) is 0. The van der Waals surface area contributed by atoms with Gasteiger partial charge in [-0.3, -0.25) is 0 Å². The monoisotopic (exact) mass is 285 g/mol. The van der Waals surface area contributed by atoms with Gasteiger partial charge >= 0.3 is 0 Å². The third-order valence-electron chi connectivity index (χ3n) is 3.63. The Morgan fingerprint density at radius 1 is 1.44 bits per heavy atom. The average molecular weight is 286 g/mol. The topological polar surface area (TPSA) is 25.2 Å². The normalized spacial score (nSPS) is 19.9. The van der Waals surface area contributed by atoms with Crippen molar-refractivity contribution in [3.8, 4) is 0 Å². The number of hydrogen-bond acceptors (Lipinski definition) is 2. The van der Waals surface area contributed by atoms with Gasteiger partial charge in [-0.2, -0.15) is 0 Å². The van der Waals surface area contributed by atoms with Crippen LogP contribution < -0.4 is 5.32 Å². The lowest BCUT2D eigenvalue weighted by molar-refractivity contribution is 0.275. The first-order valence-corrected chi connectivity index (χ1v) is 7.02. The van der Waals surface area contributed by atoms with Crippen molar-refractivity contribution in [3.63, 3.8) is 0 Å². The van der Waals surface area contributed by atoms with E-state index in [2.05, 4.69) is 28.2 Å². The molecule has 1 N–H and O–H groups in total. The molecule has 1 heterocycles. The van der Waals surface area contributed by atoms with Crippen molar-refractivity contribution >= 4 is 15.9 Å². The molecule has 0 radical (unpaired) electrons. The molecule has 0 spiro atoms. The first-order valence-electron chi connectivity index (χ1n) is 6.22. The average Bonchev–Trinajstić information content (AvgIpc) is 2.73. The van der Waals surface area contributed by atoms with E-state index in [4.69, 9.17) is 4.42 Å². The van der Waals surface area contributed by atoms with E-state index < -0.39 is 0 Å². The third kappa shape index (κ3) is 3.11. The Kier molecular flexibility index (Phi) is 4.47. The van der Waals surface area contributed by atoms with Crippen molar-refractivity contribution in [1.29, 1.82) is 0 Å². The summed E-state index contributed by atoms with van der Waals surface area (Å²) in [5.41, 5.74) is 0. The number of furan rings is 1. The van der Waals surface area contributed by atoms with Gasteiger partial charge in [0.1, 0.15) is 5.76 Å².